The molecular weight excluding hydrogens is 559 g/mol. The van der Waals surface area contributed by atoms with Gasteiger partial charge in [0, 0.05) is 42.8 Å². The number of halogens is 3. The Balaban J connectivity index is 0.000000532. The first-order chi connectivity index (χ1) is 18.2. The van der Waals surface area contributed by atoms with Crippen LogP contribution in [0.25, 0.3) is 11.3 Å². The molecule has 0 saturated carbocycles. The van der Waals surface area contributed by atoms with E-state index in [2.05, 4.69) is 44.8 Å². The molecule has 0 aliphatic carbocycles. The maximum atomic E-state index is 11.8. The average molecular weight is 588 g/mol. The number of nitrogens with zero attached hydrogens (tertiary/aromatic N) is 2. The minimum Gasteiger partial charge on any atom is -0.489 e. The van der Waals surface area contributed by atoms with Crippen molar-refractivity contribution in [3.63, 3.8) is 0 Å². The molecule has 5 N–H and O–H groups in total. The predicted molar refractivity (Wildman–Crippen MR) is 143 cm³/mol. The number of carbonyl (C=O) groups is 1. The van der Waals surface area contributed by atoms with Gasteiger partial charge in [-0.05, 0) is 44.2 Å². The number of sulfonamides is 1. The number of primary sulfonamides is 1. The van der Waals surface area contributed by atoms with Gasteiger partial charge < -0.3 is 25.4 Å². The van der Waals surface area contributed by atoms with Crippen molar-refractivity contribution >= 4 is 43.8 Å². The van der Waals surface area contributed by atoms with Crippen LogP contribution < -0.4 is 25.4 Å². The van der Waals surface area contributed by atoms with Gasteiger partial charge in [-0.1, -0.05) is 12.1 Å². The van der Waals surface area contributed by atoms with Crippen molar-refractivity contribution in [3.05, 3.63) is 47.8 Å². The predicted octanol–water partition coefficient (Wildman–Crippen LogP) is 4.03. The van der Waals surface area contributed by atoms with Crippen LogP contribution in [0.5, 0.6) is 5.75 Å². The van der Waals surface area contributed by atoms with E-state index in [1.54, 1.807) is 6.07 Å². The Kier molecular flexibility index (Phi) is 9.77. The van der Waals surface area contributed by atoms with Crippen molar-refractivity contribution in [3.8, 4) is 17.0 Å². The summed E-state index contributed by atoms with van der Waals surface area (Å²) in [6.07, 6.45) is -5.16. The van der Waals surface area contributed by atoms with Crippen LogP contribution in [0.15, 0.2) is 52.7 Å². The van der Waals surface area contributed by atoms with Crippen LogP contribution in [0.1, 0.15) is 13.8 Å². The van der Waals surface area contributed by atoms with Gasteiger partial charge >= 0.3 is 12.1 Å². The zero-order valence-corrected chi connectivity index (χ0v) is 22.7. The SMILES string of the molecule is CC(C)Oc1ccc(S(N)(=O)=O)cc1Nc1nc(-c2ccc(N3CCNCC3)cc2)cs1.O=C(O)C(F)(F)F. The number of aliphatic carboxylic acids is 1. The van der Waals surface area contributed by atoms with Crippen molar-refractivity contribution < 1.29 is 36.2 Å². The number of benzene rings is 2. The number of alkyl halides is 3. The Labute approximate surface area is 227 Å². The highest BCUT2D eigenvalue weighted by Crippen LogP contribution is 2.34. The third-order valence-corrected chi connectivity index (χ3v) is 6.94. The summed E-state index contributed by atoms with van der Waals surface area (Å²) >= 11 is 1.44. The Morgan fingerprint density at radius 3 is 2.33 bits per heavy atom. The molecule has 3 aromatic rings. The maximum absolute atomic E-state index is 11.8. The number of hydrogen-bond acceptors (Lipinski definition) is 9. The Bertz CT molecular complexity index is 1370. The van der Waals surface area contributed by atoms with Gasteiger partial charge in [0.05, 0.1) is 22.4 Å². The molecule has 2 aromatic carbocycles. The van der Waals surface area contributed by atoms with E-state index in [-0.39, 0.29) is 11.0 Å². The van der Waals surface area contributed by atoms with E-state index in [1.807, 2.05) is 19.2 Å². The van der Waals surface area contributed by atoms with Gasteiger partial charge in [-0.2, -0.15) is 13.2 Å². The number of hydrogen-bond donors (Lipinski definition) is 4. The first-order valence-corrected chi connectivity index (χ1v) is 14.1. The molecule has 0 unspecified atom stereocenters. The molecule has 4 rings (SSSR count). The summed E-state index contributed by atoms with van der Waals surface area (Å²) in [6.45, 7) is 7.81. The van der Waals surface area contributed by atoms with Crippen LogP contribution in [0.2, 0.25) is 0 Å². The van der Waals surface area contributed by atoms with Crippen molar-refractivity contribution in [2.24, 2.45) is 5.14 Å². The molecule has 0 spiro atoms. The van der Waals surface area contributed by atoms with Gasteiger partial charge in [0.2, 0.25) is 10.0 Å². The molecule has 0 radical (unpaired) electrons. The summed E-state index contributed by atoms with van der Waals surface area (Å²) in [5.41, 5.74) is 3.57. The normalized spacial score (nSPS) is 14.0. The summed E-state index contributed by atoms with van der Waals surface area (Å²) in [6, 6.07) is 12.9. The second kappa shape index (κ2) is 12.6. The number of ether oxygens (including phenoxy) is 1. The first-order valence-electron chi connectivity index (χ1n) is 11.7. The van der Waals surface area contributed by atoms with Gasteiger partial charge in [0.25, 0.3) is 0 Å². The number of anilines is 3. The highest BCUT2D eigenvalue weighted by atomic mass is 32.2. The van der Waals surface area contributed by atoms with Gasteiger partial charge in [-0.15, -0.1) is 11.3 Å². The number of carboxylic acid groups (broad SMARTS) is 1. The van der Waals surface area contributed by atoms with E-state index in [4.69, 9.17) is 19.8 Å². The van der Waals surface area contributed by atoms with Crippen molar-refractivity contribution in [2.45, 2.75) is 31.0 Å². The lowest BCUT2D eigenvalue weighted by Crippen LogP contribution is -2.43. The third kappa shape index (κ3) is 8.81. The Morgan fingerprint density at radius 2 is 1.79 bits per heavy atom. The van der Waals surface area contributed by atoms with Gasteiger partial charge in [-0.25, -0.2) is 23.3 Å². The molecule has 0 amide bonds. The molecule has 10 nitrogen and oxygen atoms in total. The zero-order chi connectivity index (χ0) is 28.8. The van der Waals surface area contributed by atoms with Gasteiger partial charge in [0.15, 0.2) is 5.13 Å². The minimum atomic E-state index is -5.08. The quantitative estimate of drug-likeness (QED) is 0.322. The molecule has 15 heteroatoms. The fourth-order valence-corrected chi connectivity index (χ4v) is 4.76. The van der Waals surface area contributed by atoms with E-state index in [9.17, 15) is 21.6 Å². The molecule has 0 bridgehead atoms. The lowest BCUT2D eigenvalue weighted by Gasteiger charge is -2.29. The van der Waals surface area contributed by atoms with Crippen LogP contribution in [-0.4, -0.2) is 62.9 Å². The van der Waals surface area contributed by atoms with Crippen molar-refractivity contribution in [2.75, 3.05) is 36.4 Å². The smallest absolute Gasteiger partial charge is 0.489 e. The second-order valence-electron chi connectivity index (χ2n) is 8.62. The minimum absolute atomic E-state index is 0.0105. The van der Waals surface area contributed by atoms with Gasteiger partial charge in [-0.3, -0.25) is 0 Å². The number of carboxylic acids is 1. The van der Waals surface area contributed by atoms with Crippen LogP contribution >= 0.6 is 11.3 Å². The van der Waals surface area contributed by atoms with Crippen molar-refractivity contribution in [1.82, 2.24) is 10.3 Å². The topological polar surface area (TPSA) is 147 Å². The molecule has 1 saturated heterocycles. The molecule has 2 heterocycles. The molecule has 39 heavy (non-hydrogen) atoms. The zero-order valence-electron chi connectivity index (χ0n) is 21.0. The largest absolute Gasteiger partial charge is 0.490 e. The fraction of sp³-hybridized carbons (Fsp3) is 0.333. The monoisotopic (exact) mass is 587 g/mol. The summed E-state index contributed by atoms with van der Waals surface area (Å²) in [5.74, 6) is -2.22. The number of piperazine rings is 1. The summed E-state index contributed by atoms with van der Waals surface area (Å²) in [4.78, 5) is 15.9. The van der Waals surface area contributed by atoms with Crippen LogP contribution in [0.3, 0.4) is 0 Å². The van der Waals surface area contributed by atoms with Crippen LogP contribution in [0, 0.1) is 0 Å². The van der Waals surface area contributed by atoms with Crippen LogP contribution in [0.4, 0.5) is 29.7 Å². The Morgan fingerprint density at radius 1 is 1.18 bits per heavy atom. The van der Waals surface area contributed by atoms with Gasteiger partial charge in [0.1, 0.15) is 5.75 Å². The fourth-order valence-electron chi connectivity index (χ4n) is 3.49. The van der Waals surface area contributed by atoms with Crippen LogP contribution in [-0.2, 0) is 14.8 Å². The third-order valence-electron chi connectivity index (χ3n) is 5.28. The molecule has 1 fully saturated rings. The number of nitrogens with one attached hydrogen (secondary N) is 2. The summed E-state index contributed by atoms with van der Waals surface area (Å²) in [5, 5.41) is 21.6. The maximum Gasteiger partial charge on any atom is 0.490 e. The van der Waals surface area contributed by atoms with E-state index < -0.39 is 22.2 Å². The average Bonchev–Trinajstić information content (AvgIpc) is 3.33. The lowest BCUT2D eigenvalue weighted by atomic mass is 10.1. The molecule has 0 atom stereocenters. The summed E-state index contributed by atoms with van der Waals surface area (Å²) in [7, 11) is -3.83. The number of aromatic nitrogens is 1. The van der Waals surface area contributed by atoms with Crippen molar-refractivity contribution in [1.29, 1.82) is 0 Å². The second-order valence-corrected chi connectivity index (χ2v) is 11.0. The standard InChI is InChI=1S/C22H27N5O3S2.C2HF3O2/c1-15(2)30-21-8-7-18(32(23,28)29)13-19(21)25-22-26-20(14-31-22)16-3-5-17(6-4-16)27-11-9-24-10-12-27;3-2(4,5)1(6)7/h3-8,13-15,24H,9-12H2,1-2H3,(H,25,26)(H2,23,28,29);(H,6,7). The van der Waals surface area contributed by atoms with E-state index in [0.717, 1.165) is 37.4 Å². The first kappa shape index (κ1) is 30.1. The lowest BCUT2D eigenvalue weighted by molar-refractivity contribution is -0.192. The number of nitrogens with two attached hydrogens (primary N) is 1. The Hall–Kier alpha value is -3.40. The summed E-state index contributed by atoms with van der Waals surface area (Å²) < 4.78 is 61.1. The molecule has 1 aromatic heterocycles. The number of thiazole rings is 1. The number of rotatable bonds is 7. The van der Waals surface area contributed by atoms with E-state index >= 15 is 0 Å². The highest BCUT2D eigenvalue weighted by Gasteiger charge is 2.38. The molecule has 1 aliphatic rings. The molecule has 212 valence electrons. The highest BCUT2D eigenvalue weighted by molar-refractivity contribution is 7.89. The molecule has 1 aliphatic heterocycles. The van der Waals surface area contributed by atoms with E-state index in [0.29, 0.717) is 16.6 Å². The van der Waals surface area contributed by atoms with E-state index in [1.165, 1.54) is 29.2 Å². The molecular formula is C24H28F3N5O5S2.